The molecule has 0 spiro atoms. The fraction of sp³-hybridized carbons (Fsp3) is 0.276. The van der Waals surface area contributed by atoms with Gasteiger partial charge in [-0.25, -0.2) is 9.59 Å². The molecule has 36 heavy (non-hydrogen) atoms. The van der Waals surface area contributed by atoms with Crippen LogP contribution in [-0.4, -0.2) is 43.3 Å². The summed E-state index contributed by atoms with van der Waals surface area (Å²) < 4.78 is 10.4. The van der Waals surface area contributed by atoms with Gasteiger partial charge in [-0.15, -0.1) is 0 Å². The molecule has 0 saturated carbocycles. The van der Waals surface area contributed by atoms with E-state index < -0.39 is 29.6 Å². The van der Waals surface area contributed by atoms with E-state index in [4.69, 9.17) is 9.47 Å². The SMILES string of the molecule is COC(=O)[C@H](Cc1ccccc1)NC(=O)C(C)(C)NC(=O)OCC1c2ccccc2-c2ccccc21. The van der Waals surface area contributed by atoms with Crippen molar-refractivity contribution in [2.24, 2.45) is 0 Å². The van der Waals surface area contributed by atoms with E-state index in [1.165, 1.54) is 7.11 Å². The Hall–Kier alpha value is -4.13. The van der Waals surface area contributed by atoms with Crippen LogP contribution in [0.4, 0.5) is 4.79 Å². The third kappa shape index (κ3) is 5.40. The highest BCUT2D eigenvalue weighted by Crippen LogP contribution is 2.44. The quantitative estimate of drug-likeness (QED) is 0.466. The zero-order chi connectivity index (χ0) is 25.7. The second-order valence-electron chi connectivity index (χ2n) is 9.31. The fourth-order valence-electron chi connectivity index (χ4n) is 4.47. The van der Waals surface area contributed by atoms with Gasteiger partial charge in [0.2, 0.25) is 5.91 Å². The summed E-state index contributed by atoms with van der Waals surface area (Å²) in [5.74, 6) is -1.18. The number of methoxy groups -OCH3 is 1. The highest BCUT2D eigenvalue weighted by Gasteiger charge is 2.35. The summed E-state index contributed by atoms with van der Waals surface area (Å²) in [7, 11) is 1.27. The molecule has 0 radical (unpaired) electrons. The number of benzene rings is 3. The molecule has 1 aliphatic rings. The van der Waals surface area contributed by atoms with Crippen molar-refractivity contribution in [1.29, 1.82) is 0 Å². The third-order valence-corrected chi connectivity index (χ3v) is 6.40. The Morgan fingerprint density at radius 3 is 2.00 bits per heavy atom. The monoisotopic (exact) mass is 486 g/mol. The minimum absolute atomic E-state index is 0.0883. The van der Waals surface area contributed by atoms with E-state index in [9.17, 15) is 14.4 Å². The van der Waals surface area contributed by atoms with Crippen LogP contribution in [0.3, 0.4) is 0 Å². The first kappa shape index (κ1) is 25.0. The summed E-state index contributed by atoms with van der Waals surface area (Å²) in [6, 6.07) is 24.5. The maximum absolute atomic E-state index is 13.0. The van der Waals surface area contributed by atoms with Crippen molar-refractivity contribution < 1.29 is 23.9 Å². The predicted molar refractivity (Wildman–Crippen MR) is 136 cm³/mol. The van der Waals surface area contributed by atoms with Crippen molar-refractivity contribution in [1.82, 2.24) is 10.6 Å². The number of hydrogen-bond donors (Lipinski definition) is 2. The molecular formula is C29H30N2O5. The molecule has 3 aromatic carbocycles. The molecule has 0 aromatic heterocycles. The normalized spacial score (nSPS) is 13.2. The Kier molecular flexibility index (Phi) is 7.38. The van der Waals surface area contributed by atoms with E-state index in [1.54, 1.807) is 13.8 Å². The molecule has 3 aromatic rings. The number of hydrogen-bond acceptors (Lipinski definition) is 5. The van der Waals surface area contributed by atoms with Crippen LogP contribution in [0.15, 0.2) is 78.9 Å². The fourth-order valence-corrected chi connectivity index (χ4v) is 4.47. The summed E-state index contributed by atoms with van der Waals surface area (Å²) in [5, 5.41) is 5.33. The number of nitrogens with one attached hydrogen (secondary N) is 2. The molecule has 186 valence electrons. The molecular weight excluding hydrogens is 456 g/mol. The molecule has 0 saturated heterocycles. The molecule has 2 N–H and O–H groups in total. The Morgan fingerprint density at radius 2 is 1.42 bits per heavy atom. The molecule has 4 rings (SSSR count). The summed E-state index contributed by atoms with van der Waals surface area (Å²) >= 11 is 0. The van der Waals surface area contributed by atoms with Gasteiger partial charge in [0, 0.05) is 12.3 Å². The number of carbonyl (C=O) groups is 3. The Balaban J connectivity index is 1.38. The largest absolute Gasteiger partial charge is 0.467 e. The number of esters is 1. The molecule has 7 heteroatoms. The van der Waals surface area contributed by atoms with Crippen molar-refractivity contribution in [2.75, 3.05) is 13.7 Å². The maximum atomic E-state index is 13.0. The third-order valence-electron chi connectivity index (χ3n) is 6.40. The summed E-state index contributed by atoms with van der Waals surface area (Å²) in [4.78, 5) is 38.0. The van der Waals surface area contributed by atoms with Crippen LogP contribution in [0.5, 0.6) is 0 Å². The van der Waals surface area contributed by atoms with E-state index in [0.29, 0.717) is 0 Å². The summed E-state index contributed by atoms with van der Waals surface area (Å²) in [6.45, 7) is 3.25. The van der Waals surface area contributed by atoms with Crippen LogP contribution in [-0.2, 0) is 25.5 Å². The van der Waals surface area contributed by atoms with Gasteiger partial charge in [-0.05, 0) is 41.7 Å². The number of amides is 2. The Bertz CT molecular complexity index is 1210. The lowest BCUT2D eigenvalue weighted by Crippen LogP contribution is -2.58. The van der Waals surface area contributed by atoms with Crippen molar-refractivity contribution in [2.45, 2.75) is 37.8 Å². The lowest BCUT2D eigenvalue weighted by atomic mass is 9.98. The highest BCUT2D eigenvalue weighted by molar-refractivity contribution is 5.92. The zero-order valence-electron chi connectivity index (χ0n) is 20.6. The first-order valence-corrected chi connectivity index (χ1v) is 11.9. The number of fused-ring (bicyclic) bond motifs is 3. The van der Waals surface area contributed by atoms with Crippen molar-refractivity contribution in [3.05, 3.63) is 95.6 Å². The number of alkyl carbamates (subject to hydrolysis) is 1. The van der Waals surface area contributed by atoms with E-state index in [2.05, 4.69) is 22.8 Å². The van der Waals surface area contributed by atoms with Gasteiger partial charge in [0.25, 0.3) is 0 Å². The van der Waals surface area contributed by atoms with Crippen LogP contribution in [0.1, 0.15) is 36.5 Å². The van der Waals surface area contributed by atoms with Crippen molar-refractivity contribution in [3.63, 3.8) is 0 Å². The average molecular weight is 487 g/mol. The average Bonchev–Trinajstić information content (AvgIpc) is 3.20. The minimum Gasteiger partial charge on any atom is -0.467 e. The molecule has 1 atom stereocenters. The van der Waals surface area contributed by atoms with Gasteiger partial charge < -0.3 is 20.1 Å². The van der Waals surface area contributed by atoms with Crippen LogP contribution < -0.4 is 10.6 Å². The topological polar surface area (TPSA) is 93.7 Å². The van der Waals surface area contributed by atoms with Gasteiger partial charge in [-0.2, -0.15) is 0 Å². The van der Waals surface area contributed by atoms with Crippen LogP contribution >= 0.6 is 0 Å². The van der Waals surface area contributed by atoms with Gasteiger partial charge >= 0.3 is 12.1 Å². The van der Waals surface area contributed by atoms with E-state index in [-0.39, 0.29) is 18.9 Å². The van der Waals surface area contributed by atoms with E-state index >= 15 is 0 Å². The molecule has 0 aliphatic heterocycles. The number of carbonyl (C=O) groups excluding carboxylic acids is 3. The molecule has 0 fully saturated rings. The standard InChI is InChI=1S/C29H30N2O5/c1-29(2,27(33)30-25(26(32)35-3)17-19-11-5-4-6-12-19)31-28(34)36-18-24-22-15-9-7-13-20(22)21-14-8-10-16-23(21)24/h4-16,24-25H,17-18H2,1-3H3,(H,30,33)(H,31,34)/t25-/m0/s1. The smallest absolute Gasteiger partial charge is 0.408 e. The first-order valence-electron chi connectivity index (χ1n) is 11.9. The number of ether oxygens (including phenoxy) is 2. The molecule has 0 heterocycles. The second kappa shape index (κ2) is 10.6. The Morgan fingerprint density at radius 1 is 0.861 bits per heavy atom. The predicted octanol–water partition coefficient (Wildman–Crippen LogP) is 4.20. The molecule has 1 aliphatic carbocycles. The Labute approximate surface area is 210 Å². The lowest BCUT2D eigenvalue weighted by Gasteiger charge is -2.27. The zero-order valence-corrected chi connectivity index (χ0v) is 20.6. The molecule has 2 amide bonds. The van der Waals surface area contributed by atoms with Gasteiger partial charge in [0.05, 0.1) is 7.11 Å². The molecule has 0 unspecified atom stereocenters. The number of rotatable bonds is 8. The first-order chi connectivity index (χ1) is 17.3. The lowest BCUT2D eigenvalue weighted by molar-refractivity contribution is -0.145. The summed E-state index contributed by atoms with van der Waals surface area (Å²) in [5.41, 5.74) is 4.01. The van der Waals surface area contributed by atoms with Gasteiger partial charge in [-0.3, -0.25) is 4.79 Å². The molecule has 7 nitrogen and oxygen atoms in total. The van der Waals surface area contributed by atoms with Gasteiger partial charge in [0.15, 0.2) is 0 Å². The van der Waals surface area contributed by atoms with Crippen LogP contribution in [0.2, 0.25) is 0 Å². The molecule has 0 bridgehead atoms. The van der Waals surface area contributed by atoms with E-state index in [0.717, 1.165) is 27.8 Å². The van der Waals surface area contributed by atoms with Gasteiger partial charge in [-0.1, -0.05) is 78.9 Å². The minimum atomic E-state index is -1.33. The van der Waals surface area contributed by atoms with Crippen molar-refractivity contribution >= 4 is 18.0 Å². The second-order valence-corrected chi connectivity index (χ2v) is 9.31. The van der Waals surface area contributed by atoms with Gasteiger partial charge in [0.1, 0.15) is 18.2 Å². The van der Waals surface area contributed by atoms with E-state index in [1.807, 2.05) is 66.7 Å². The maximum Gasteiger partial charge on any atom is 0.408 e. The van der Waals surface area contributed by atoms with Crippen LogP contribution in [0, 0.1) is 0 Å². The highest BCUT2D eigenvalue weighted by atomic mass is 16.5. The van der Waals surface area contributed by atoms with Crippen LogP contribution in [0.25, 0.3) is 11.1 Å². The van der Waals surface area contributed by atoms with Crippen molar-refractivity contribution in [3.8, 4) is 11.1 Å². The summed E-state index contributed by atoms with van der Waals surface area (Å²) in [6.07, 6.45) is -0.449.